The standard InChI is InChI=1S/C28H36O5/c1-27(2)20-32-28(3,33-21-27)26(30-5)18-24(19-29-4)23-14-9-15-25(17-23)31-16-10-13-22-11-7-6-8-12-22/h6-9,11-12,14-15,17,24,26H,16,18-21H2,1-5H3. The smallest absolute Gasteiger partial charge is 0.191 e. The zero-order valence-electron chi connectivity index (χ0n) is 20.4. The molecule has 0 aliphatic carbocycles. The van der Waals surface area contributed by atoms with Crippen LogP contribution in [0.3, 0.4) is 0 Å². The van der Waals surface area contributed by atoms with Crippen molar-refractivity contribution in [1.29, 1.82) is 0 Å². The Morgan fingerprint density at radius 3 is 2.36 bits per heavy atom. The molecule has 0 amide bonds. The first-order valence-corrected chi connectivity index (χ1v) is 11.4. The van der Waals surface area contributed by atoms with Crippen molar-refractivity contribution in [1.82, 2.24) is 0 Å². The van der Waals surface area contributed by atoms with Crippen molar-refractivity contribution in [2.45, 2.75) is 45.0 Å². The fourth-order valence-corrected chi connectivity index (χ4v) is 3.87. The summed E-state index contributed by atoms with van der Waals surface area (Å²) in [6.07, 6.45) is 0.452. The van der Waals surface area contributed by atoms with Gasteiger partial charge in [0, 0.05) is 31.1 Å². The first kappa shape index (κ1) is 25.3. The maximum atomic E-state index is 6.15. The van der Waals surface area contributed by atoms with E-state index in [2.05, 4.69) is 37.8 Å². The van der Waals surface area contributed by atoms with Crippen molar-refractivity contribution in [3.05, 3.63) is 65.7 Å². The van der Waals surface area contributed by atoms with Crippen LogP contribution in [0.25, 0.3) is 0 Å². The number of rotatable bonds is 9. The minimum atomic E-state index is -0.794. The van der Waals surface area contributed by atoms with Gasteiger partial charge in [-0.2, -0.15) is 0 Å². The molecule has 0 N–H and O–H groups in total. The lowest BCUT2D eigenvalue weighted by atomic mass is 9.89. The quantitative estimate of drug-likeness (QED) is 0.499. The molecule has 1 aliphatic rings. The third kappa shape index (κ3) is 7.31. The predicted octanol–water partition coefficient (Wildman–Crippen LogP) is 5.04. The van der Waals surface area contributed by atoms with Gasteiger partial charge in [0.25, 0.3) is 0 Å². The van der Waals surface area contributed by atoms with Crippen molar-refractivity contribution in [2.24, 2.45) is 5.41 Å². The van der Waals surface area contributed by atoms with Crippen LogP contribution in [-0.4, -0.2) is 52.5 Å². The fourth-order valence-electron chi connectivity index (χ4n) is 3.87. The summed E-state index contributed by atoms with van der Waals surface area (Å²) < 4.78 is 29.6. The summed E-state index contributed by atoms with van der Waals surface area (Å²) in [4.78, 5) is 0. The van der Waals surface area contributed by atoms with Crippen LogP contribution < -0.4 is 4.74 Å². The van der Waals surface area contributed by atoms with Gasteiger partial charge in [-0.25, -0.2) is 0 Å². The fraction of sp³-hybridized carbons (Fsp3) is 0.500. The summed E-state index contributed by atoms with van der Waals surface area (Å²) in [6, 6.07) is 18.0. The van der Waals surface area contributed by atoms with Crippen LogP contribution in [-0.2, 0) is 18.9 Å². The average Bonchev–Trinajstić information content (AvgIpc) is 2.82. The maximum absolute atomic E-state index is 6.15. The SMILES string of the molecule is COCC(CC(OC)C1(C)OCC(C)(C)CO1)c1cccc(OCC#Cc2ccccc2)c1. The van der Waals surface area contributed by atoms with E-state index >= 15 is 0 Å². The molecule has 2 unspecified atom stereocenters. The lowest BCUT2D eigenvalue weighted by molar-refractivity contribution is -0.328. The highest BCUT2D eigenvalue weighted by molar-refractivity contribution is 5.35. The molecule has 0 aromatic heterocycles. The normalized spacial score (nSPS) is 18.6. The van der Waals surface area contributed by atoms with Crippen LogP contribution in [0.1, 0.15) is 44.2 Å². The molecule has 1 saturated heterocycles. The third-order valence-electron chi connectivity index (χ3n) is 5.88. The van der Waals surface area contributed by atoms with Crippen molar-refractivity contribution >= 4 is 0 Å². The molecule has 2 aromatic rings. The van der Waals surface area contributed by atoms with Gasteiger partial charge in [-0.05, 0) is 43.2 Å². The van der Waals surface area contributed by atoms with E-state index in [9.17, 15) is 0 Å². The molecular weight excluding hydrogens is 416 g/mol. The number of hydrogen-bond acceptors (Lipinski definition) is 5. The second-order valence-corrected chi connectivity index (χ2v) is 9.40. The Kier molecular flexibility index (Phi) is 8.94. The topological polar surface area (TPSA) is 46.2 Å². The van der Waals surface area contributed by atoms with Crippen molar-refractivity contribution in [3.63, 3.8) is 0 Å². The molecule has 1 fully saturated rings. The predicted molar refractivity (Wildman–Crippen MR) is 129 cm³/mol. The molecule has 0 radical (unpaired) electrons. The monoisotopic (exact) mass is 452 g/mol. The van der Waals surface area contributed by atoms with E-state index < -0.39 is 5.79 Å². The maximum Gasteiger partial charge on any atom is 0.191 e. The van der Waals surface area contributed by atoms with Crippen LogP contribution in [0.4, 0.5) is 0 Å². The third-order valence-corrected chi connectivity index (χ3v) is 5.88. The summed E-state index contributed by atoms with van der Waals surface area (Å²) in [5.41, 5.74) is 2.09. The Balaban J connectivity index is 1.66. The highest BCUT2D eigenvalue weighted by Crippen LogP contribution is 2.36. The number of hydrogen-bond donors (Lipinski definition) is 0. The van der Waals surface area contributed by atoms with Crippen molar-refractivity contribution in [2.75, 3.05) is 40.6 Å². The largest absolute Gasteiger partial charge is 0.481 e. The van der Waals surface area contributed by atoms with E-state index in [0.717, 1.165) is 16.9 Å². The lowest BCUT2D eigenvalue weighted by Crippen LogP contribution is -2.53. The first-order chi connectivity index (χ1) is 15.8. The van der Waals surface area contributed by atoms with Crippen LogP contribution in [0.5, 0.6) is 5.75 Å². The molecule has 3 rings (SSSR count). The summed E-state index contributed by atoms with van der Waals surface area (Å²) in [5, 5.41) is 0. The van der Waals surface area contributed by atoms with Crippen LogP contribution in [0, 0.1) is 17.3 Å². The summed E-state index contributed by atoms with van der Waals surface area (Å²) in [5.74, 6) is 6.26. The molecule has 5 nitrogen and oxygen atoms in total. The lowest BCUT2D eigenvalue weighted by Gasteiger charge is -2.45. The molecule has 0 spiro atoms. The van der Waals surface area contributed by atoms with E-state index in [1.54, 1.807) is 14.2 Å². The van der Waals surface area contributed by atoms with E-state index in [1.807, 2.05) is 49.4 Å². The number of ether oxygens (including phenoxy) is 5. The molecule has 2 atom stereocenters. The average molecular weight is 453 g/mol. The van der Waals surface area contributed by atoms with Crippen molar-refractivity contribution in [3.8, 4) is 17.6 Å². The van der Waals surface area contributed by atoms with Gasteiger partial charge in [-0.3, -0.25) is 0 Å². The molecule has 1 aliphatic heterocycles. The summed E-state index contributed by atoms with van der Waals surface area (Å²) in [6.45, 7) is 8.38. The van der Waals surface area contributed by atoms with Gasteiger partial charge >= 0.3 is 0 Å². The van der Waals surface area contributed by atoms with E-state index in [1.165, 1.54) is 0 Å². The highest BCUT2D eigenvalue weighted by atomic mass is 16.7. The molecular formula is C28H36O5. The molecule has 178 valence electrons. The molecule has 0 saturated carbocycles. The van der Waals surface area contributed by atoms with Gasteiger partial charge < -0.3 is 23.7 Å². The Hall–Kier alpha value is -2.36. The minimum absolute atomic E-state index is 0.00118. The minimum Gasteiger partial charge on any atom is -0.481 e. The molecule has 0 bridgehead atoms. The number of methoxy groups -OCH3 is 2. The second kappa shape index (κ2) is 11.7. The zero-order chi connectivity index (χ0) is 23.7. The molecule has 33 heavy (non-hydrogen) atoms. The van der Waals surface area contributed by atoms with E-state index in [-0.39, 0.29) is 17.4 Å². The second-order valence-electron chi connectivity index (χ2n) is 9.40. The van der Waals surface area contributed by atoms with Crippen LogP contribution in [0.15, 0.2) is 54.6 Å². The Bertz CT molecular complexity index is 918. The van der Waals surface area contributed by atoms with E-state index in [0.29, 0.717) is 32.8 Å². The molecule has 5 heteroatoms. The van der Waals surface area contributed by atoms with E-state index in [4.69, 9.17) is 23.7 Å². The van der Waals surface area contributed by atoms with Crippen LogP contribution in [0.2, 0.25) is 0 Å². The molecule has 1 heterocycles. The Labute approximate surface area is 198 Å². The van der Waals surface area contributed by atoms with Gasteiger partial charge in [0.05, 0.1) is 19.8 Å². The van der Waals surface area contributed by atoms with Gasteiger partial charge in [0.2, 0.25) is 0 Å². The highest BCUT2D eigenvalue weighted by Gasteiger charge is 2.44. The summed E-state index contributed by atoms with van der Waals surface area (Å²) in [7, 11) is 3.42. The van der Waals surface area contributed by atoms with Crippen molar-refractivity contribution < 1.29 is 23.7 Å². The van der Waals surface area contributed by atoms with Gasteiger partial charge in [0.15, 0.2) is 5.79 Å². The first-order valence-electron chi connectivity index (χ1n) is 11.4. The van der Waals surface area contributed by atoms with Gasteiger partial charge in [-0.15, -0.1) is 0 Å². The summed E-state index contributed by atoms with van der Waals surface area (Å²) >= 11 is 0. The zero-order valence-corrected chi connectivity index (χ0v) is 20.4. The van der Waals surface area contributed by atoms with Crippen LogP contribution >= 0.6 is 0 Å². The van der Waals surface area contributed by atoms with Gasteiger partial charge in [0.1, 0.15) is 18.5 Å². The Morgan fingerprint density at radius 1 is 0.970 bits per heavy atom. The number of benzene rings is 2. The molecule has 2 aromatic carbocycles. The van der Waals surface area contributed by atoms with Gasteiger partial charge in [-0.1, -0.05) is 56.0 Å². The Morgan fingerprint density at radius 2 is 1.70 bits per heavy atom.